The highest BCUT2D eigenvalue weighted by atomic mass is 19.4. The molecule has 2 N–H and O–H groups in total. The van der Waals surface area contributed by atoms with Crippen LogP contribution in [-0.2, 0) is 9.59 Å². The lowest BCUT2D eigenvalue weighted by Crippen LogP contribution is -2.47. The van der Waals surface area contributed by atoms with Crippen molar-refractivity contribution in [3.05, 3.63) is 35.9 Å². The molecule has 1 aromatic carbocycles. The SMILES string of the molecule is O=C(CCN(CCCN1CCCCC1)C(=O)c1ccccc1)N1CCNCC1.O=C(O)C(F)(F)F. The fraction of sp³-hybridized carbons (Fsp3) is 0.625. The predicted molar refractivity (Wildman–Crippen MR) is 125 cm³/mol. The molecule has 11 heteroatoms. The van der Waals surface area contributed by atoms with Crippen LogP contribution >= 0.6 is 0 Å². The number of alkyl halides is 3. The van der Waals surface area contributed by atoms with Crippen molar-refractivity contribution >= 4 is 17.8 Å². The number of nitrogens with zero attached hydrogens (tertiary/aromatic N) is 3. The lowest BCUT2D eigenvalue weighted by molar-refractivity contribution is -0.192. The largest absolute Gasteiger partial charge is 0.490 e. The van der Waals surface area contributed by atoms with E-state index in [-0.39, 0.29) is 11.8 Å². The van der Waals surface area contributed by atoms with Crippen LogP contribution in [0.15, 0.2) is 30.3 Å². The number of rotatable bonds is 8. The third kappa shape index (κ3) is 10.6. The molecule has 0 saturated carbocycles. The van der Waals surface area contributed by atoms with Crippen molar-refractivity contribution in [3.8, 4) is 0 Å². The van der Waals surface area contributed by atoms with Gasteiger partial charge < -0.3 is 25.1 Å². The monoisotopic (exact) mass is 500 g/mol. The standard InChI is InChI=1S/C22H34N4O2.C2HF3O2/c27-21(25-18-11-23-12-19-25)10-17-26(22(28)20-8-3-1-4-9-20)16-7-15-24-13-5-2-6-14-24;3-2(4,5)1(6)7/h1,3-4,8-9,23H,2,5-7,10-19H2;(H,6,7). The van der Waals surface area contributed by atoms with Crippen molar-refractivity contribution in [1.82, 2.24) is 20.0 Å². The first kappa shape index (κ1) is 28.6. The zero-order valence-electron chi connectivity index (χ0n) is 19.9. The number of amides is 2. The van der Waals surface area contributed by atoms with Gasteiger partial charge >= 0.3 is 12.1 Å². The second-order valence-electron chi connectivity index (χ2n) is 8.60. The van der Waals surface area contributed by atoms with Crippen molar-refractivity contribution in [2.45, 2.75) is 38.3 Å². The molecule has 0 atom stereocenters. The third-order valence-electron chi connectivity index (χ3n) is 5.97. The molecule has 35 heavy (non-hydrogen) atoms. The van der Waals surface area contributed by atoms with Crippen LogP contribution in [0.2, 0.25) is 0 Å². The van der Waals surface area contributed by atoms with Crippen molar-refractivity contribution in [1.29, 1.82) is 0 Å². The Kier molecular flexibility index (Phi) is 12.0. The maximum absolute atomic E-state index is 13.0. The Morgan fingerprint density at radius 3 is 2.11 bits per heavy atom. The first-order valence-corrected chi connectivity index (χ1v) is 12.0. The number of piperazine rings is 1. The molecule has 3 rings (SSSR count). The summed E-state index contributed by atoms with van der Waals surface area (Å²) in [5.74, 6) is -2.57. The van der Waals surface area contributed by atoms with E-state index in [2.05, 4.69) is 10.2 Å². The van der Waals surface area contributed by atoms with Crippen LogP contribution in [0.1, 0.15) is 42.5 Å². The van der Waals surface area contributed by atoms with E-state index in [0.717, 1.165) is 39.1 Å². The van der Waals surface area contributed by atoms with Crippen molar-refractivity contribution < 1.29 is 32.7 Å². The fourth-order valence-corrected chi connectivity index (χ4v) is 4.05. The highest BCUT2D eigenvalue weighted by Crippen LogP contribution is 2.13. The van der Waals surface area contributed by atoms with Crippen LogP contribution < -0.4 is 5.32 Å². The number of carbonyl (C=O) groups is 3. The number of aliphatic carboxylic acids is 1. The maximum Gasteiger partial charge on any atom is 0.490 e. The van der Waals surface area contributed by atoms with Gasteiger partial charge in [0.25, 0.3) is 5.91 Å². The zero-order chi connectivity index (χ0) is 25.7. The molecular formula is C24H35F3N4O4. The van der Waals surface area contributed by atoms with Gasteiger partial charge in [-0.3, -0.25) is 9.59 Å². The van der Waals surface area contributed by atoms with Crippen LogP contribution in [0.3, 0.4) is 0 Å². The van der Waals surface area contributed by atoms with Crippen LogP contribution in [-0.4, -0.2) is 103 Å². The normalized spacial score (nSPS) is 16.7. The van der Waals surface area contributed by atoms with Crippen molar-refractivity contribution in [3.63, 3.8) is 0 Å². The van der Waals surface area contributed by atoms with Crippen LogP contribution in [0, 0.1) is 0 Å². The third-order valence-corrected chi connectivity index (χ3v) is 5.97. The van der Waals surface area contributed by atoms with Gasteiger partial charge in [0.05, 0.1) is 0 Å². The smallest absolute Gasteiger partial charge is 0.475 e. The summed E-state index contributed by atoms with van der Waals surface area (Å²) in [5, 5.41) is 10.4. The maximum atomic E-state index is 13.0. The van der Waals surface area contributed by atoms with Gasteiger partial charge in [0.2, 0.25) is 5.91 Å². The molecule has 2 fully saturated rings. The van der Waals surface area contributed by atoms with E-state index in [1.807, 2.05) is 40.1 Å². The van der Waals surface area contributed by atoms with Gasteiger partial charge in [0.15, 0.2) is 0 Å². The Balaban J connectivity index is 0.000000540. The molecule has 2 saturated heterocycles. The summed E-state index contributed by atoms with van der Waals surface area (Å²) in [5.41, 5.74) is 0.704. The molecule has 0 radical (unpaired) electrons. The second-order valence-corrected chi connectivity index (χ2v) is 8.60. The predicted octanol–water partition coefficient (Wildman–Crippen LogP) is 2.46. The number of nitrogens with one attached hydrogen (secondary N) is 1. The summed E-state index contributed by atoms with van der Waals surface area (Å²) < 4.78 is 31.7. The van der Waals surface area contributed by atoms with Crippen LogP contribution in [0.4, 0.5) is 13.2 Å². The summed E-state index contributed by atoms with van der Waals surface area (Å²) in [6.07, 6.45) is 0.184. The number of benzene rings is 1. The molecule has 0 aromatic heterocycles. The number of hydrogen-bond acceptors (Lipinski definition) is 5. The quantitative estimate of drug-likeness (QED) is 0.570. The topological polar surface area (TPSA) is 93.2 Å². The summed E-state index contributed by atoms with van der Waals surface area (Å²) in [7, 11) is 0. The second kappa shape index (κ2) is 14.7. The molecule has 8 nitrogen and oxygen atoms in total. The molecule has 2 aliphatic rings. The van der Waals surface area contributed by atoms with Gasteiger partial charge in [-0.25, -0.2) is 4.79 Å². The summed E-state index contributed by atoms with van der Waals surface area (Å²) in [6, 6.07) is 9.43. The van der Waals surface area contributed by atoms with Crippen LogP contribution in [0.25, 0.3) is 0 Å². The van der Waals surface area contributed by atoms with Gasteiger partial charge in [-0.1, -0.05) is 24.6 Å². The Morgan fingerprint density at radius 2 is 1.54 bits per heavy atom. The first-order chi connectivity index (χ1) is 16.7. The molecule has 196 valence electrons. The fourth-order valence-electron chi connectivity index (χ4n) is 4.05. The molecule has 1 aromatic rings. The average Bonchev–Trinajstić information content (AvgIpc) is 2.87. The molecule has 0 bridgehead atoms. The molecule has 0 aliphatic carbocycles. The van der Waals surface area contributed by atoms with Crippen molar-refractivity contribution in [2.75, 3.05) is 58.9 Å². The number of halogens is 3. The Bertz CT molecular complexity index is 796. The number of likely N-dealkylation sites (tertiary alicyclic amines) is 1. The molecule has 0 unspecified atom stereocenters. The van der Waals surface area contributed by atoms with Gasteiger partial charge in [-0.05, 0) is 51.0 Å². The Morgan fingerprint density at radius 1 is 0.943 bits per heavy atom. The molecule has 0 spiro atoms. The highest BCUT2D eigenvalue weighted by Gasteiger charge is 2.38. The summed E-state index contributed by atoms with van der Waals surface area (Å²) in [6.45, 7) is 7.82. The zero-order valence-corrected chi connectivity index (χ0v) is 19.9. The van der Waals surface area contributed by atoms with Gasteiger partial charge in [-0.15, -0.1) is 0 Å². The first-order valence-electron chi connectivity index (χ1n) is 12.0. The molecule has 2 heterocycles. The average molecular weight is 501 g/mol. The molecule has 2 aliphatic heterocycles. The van der Waals surface area contributed by atoms with E-state index in [1.165, 1.54) is 32.4 Å². The number of hydrogen-bond donors (Lipinski definition) is 2. The highest BCUT2D eigenvalue weighted by molar-refractivity contribution is 5.94. The lowest BCUT2D eigenvalue weighted by Gasteiger charge is -2.30. The molecule has 2 amide bonds. The minimum atomic E-state index is -5.08. The van der Waals surface area contributed by atoms with E-state index in [9.17, 15) is 22.8 Å². The number of piperidine rings is 1. The van der Waals surface area contributed by atoms with E-state index in [4.69, 9.17) is 9.90 Å². The van der Waals surface area contributed by atoms with Crippen molar-refractivity contribution in [2.24, 2.45) is 0 Å². The number of carbonyl (C=O) groups excluding carboxylic acids is 2. The van der Waals surface area contributed by atoms with E-state index in [0.29, 0.717) is 25.1 Å². The van der Waals surface area contributed by atoms with E-state index < -0.39 is 12.1 Å². The number of carboxylic acids is 1. The van der Waals surface area contributed by atoms with Gasteiger partial charge in [-0.2, -0.15) is 13.2 Å². The van der Waals surface area contributed by atoms with E-state index in [1.54, 1.807) is 0 Å². The molecular weight excluding hydrogens is 465 g/mol. The minimum Gasteiger partial charge on any atom is -0.475 e. The summed E-state index contributed by atoms with van der Waals surface area (Å²) >= 11 is 0. The Hall–Kier alpha value is -2.66. The van der Waals surface area contributed by atoms with Gasteiger partial charge in [0, 0.05) is 51.3 Å². The Labute approximate surface area is 204 Å². The van der Waals surface area contributed by atoms with Gasteiger partial charge in [0.1, 0.15) is 0 Å². The van der Waals surface area contributed by atoms with Crippen LogP contribution in [0.5, 0.6) is 0 Å². The summed E-state index contributed by atoms with van der Waals surface area (Å²) in [4.78, 5) is 40.7. The lowest BCUT2D eigenvalue weighted by atomic mass is 10.1. The minimum absolute atomic E-state index is 0.0346. The number of carboxylic acid groups (broad SMARTS) is 1. The van der Waals surface area contributed by atoms with E-state index >= 15 is 0 Å².